The van der Waals surface area contributed by atoms with Crippen molar-refractivity contribution in [3.05, 3.63) is 47.8 Å². The number of nitrogens with zero attached hydrogens (tertiary/aromatic N) is 3. The second-order valence-electron chi connectivity index (χ2n) is 5.64. The smallest absolute Gasteiger partial charge is 0.261 e. The van der Waals surface area contributed by atoms with Gasteiger partial charge in [-0.25, -0.2) is 9.97 Å². The van der Waals surface area contributed by atoms with E-state index >= 15 is 0 Å². The lowest BCUT2D eigenvalue weighted by atomic mass is 10.2. The van der Waals surface area contributed by atoms with Gasteiger partial charge in [0.1, 0.15) is 0 Å². The number of aromatic nitrogens is 2. The molecule has 23 heavy (non-hydrogen) atoms. The van der Waals surface area contributed by atoms with Crippen molar-refractivity contribution in [2.75, 3.05) is 16.8 Å². The molecule has 1 aromatic carbocycles. The third-order valence-corrected chi connectivity index (χ3v) is 3.76. The Labute approximate surface area is 137 Å². The van der Waals surface area contributed by atoms with Gasteiger partial charge in [0.25, 0.3) is 5.91 Å². The van der Waals surface area contributed by atoms with Crippen LogP contribution in [0, 0.1) is 6.92 Å². The van der Waals surface area contributed by atoms with E-state index in [0.29, 0.717) is 24.1 Å². The van der Waals surface area contributed by atoms with Crippen LogP contribution in [0.5, 0.6) is 0 Å². The molecule has 0 aliphatic heterocycles. The lowest BCUT2D eigenvalue weighted by Crippen LogP contribution is -2.31. The molecule has 1 unspecified atom stereocenters. The van der Waals surface area contributed by atoms with Crippen molar-refractivity contribution < 1.29 is 4.79 Å². The Bertz CT molecular complexity index is 654. The molecule has 1 atom stereocenters. The predicted octanol–water partition coefficient (Wildman–Crippen LogP) is 3.66. The summed E-state index contributed by atoms with van der Waals surface area (Å²) in [7, 11) is 0. The lowest BCUT2D eigenvalue weighted by Gasteiger charge is -2.21. The fourth-order valence-corrected chi connectivity index (χ4v) is 2.23. The van der Waals surface area contributed by atoms with E-state index in [1.165, 1.54) is 0 Å². The molecule has 2 aromatic rings. The number of carbonyl (C=O) groups excluding carboxylic acids is 1. The average Bonchev–Trinajstić information content (AvgIpc) is 2.56. The SMILES string of the molecule is CCC(C)Nc1ncc(C(=O)N(CC)c2cccc(C)c2)cn1. The summed E-state index contributed by atoms with van der Waals surface area (Å²) >= 11 is 0. The van der Waals surface area contributed by atoms with E-state index in [1.54, 1.807) is 17.3 Å². The zero-order valence-corrected chi connectivity index (χ0v) is 14.2. The van der Waals surface area contributed by atoms with Crippen molar-refractivity contribution >= 4 is 17.5 Å². The lowest BCUT2D eigenvalue weighted by molar-refractivity contribution is 0.0987. The minimum absolute atomic E-state index is 0.0896. The summed E-state index contributed by atoms with van der Waals surface area (Å²) < 4.78 is 0. The van der Waals surface area contributed by atoms with Crippen LogP contribution in [0.15, 0.2) is 36.7 Å². The molecule has 1 N–H and O–H groups in total. The molecule has 0 bridgehead atoms. The van der Waals surface area contributed by atoms with Gasteiger partial charge < -0.3 is 10.2 Å². The highest BCUT2D eigenvalue weighted by molar-refractivity contribution is 6.05. The van der Waals surface area contributed by atoms with Gasteiger partial charge in [0.2, 0.25) is 5.95 Å². The Morgan fingerprint density at radius 1 is 1.26 bits per heavy atom. The molecule has 0 fully saturated rings. The van der Waals surface area contributed by atoms with E-state index in [-0.39, 0.29) is 5.91 Å². The molecule has 0 aliphatic rings. The fourth-order valence-electron chi connectivity index (χ4n) is 2.23. The number of amides is 1. The maximum atomic E-state index is 12.7. The second kappa shape index (κ2) is 7.72. The summed E-state index contributed by atoms with van der Waals surface area (Å²) in [5.74, 6) is 0.461. The molecule has 2 rings (SSSR count). The van der Waals surface area contributed by atoms with E-state index in [9.17, 15) is 4.79 Å². The van der Waals surface area contributed by atoms with Crippen LogP contribution in [0.3, 0.4) is 0 Å². The van der Waals surface area contributed by atoms with Crippen molar-refractivity contribution in [3.63, 3.8) is 0 Å². The van der Waals surface area contributed by atoms with E-state index < -0.39 is 0 Å². The first-order valence-electron chi connectivity index (χ1n) is 8.02. The monoisotopic (exact) mass is 312 g/mol. The first kappa shape index (κ1) is 16.9. The van der Waals surface area contributed by atoms with Gasteiger partial charge in [0, 0.05) is 30.7 Å². The number of hydrogen-bond donors (Lipinski definition) is 1. The van der Waals surface area contributed by atoms with Crippen molar-refractivity contribution in [2.45, 2.75) is 40.2 Å². The van der Waals surface area contributed by atoms with Crippen LogP contribution in [0.4, 0.5) is 11.6 Å². The molecular formula is C18H24N4O. The van der Waals surface area contributed by atoms with Crippen molar-refractivity contribution in [2.24, 2.45) is 0 Å². The zero-order chi connectivity index (χ0) is 16.8. The van der Waals surface area contributed by atoms with Gasteiger partial charge >= 0.3 is 0 Å². The Morgan fingerprint density at radius 3 is 2.52 bits per heavy atom. The number of carbonyl (C=O) groups is 1. The summed E-state index contributed by atoms with van der Waals surface area (Å²) in [6, 6.07) is 8.21. The molecule has 0 aliphatic carbocycles. The van der Waals surface area contributed by atoms with Gasteiger partial charge in [-0.1, -0.05) is 19.1 Å². The summed E-state index contributed by atoms with van der Waals surface area (Å²) in [6.07, 6.45) is 4.15. The number of anilines is 2. The normalized spacial score (nSPS) is 11.8. The van der Waals surface area contributed by atoms with E-state index in [0.717, 1.165) is 17.7 Å². The number of aryl methyl sites for hydroxylation is 1. The van der Waals surface area contributed by atoms with Crippen LogP contribution in [0.1, 0.15) is 43.1 Å². The minimum Gasteiger partial charge on any atom is -0.352 e. The maximum Gasteiger partial charge on any atom is 0.261 e. The fraction of sp³-hybridized carbons (Fsp3) is 0.389. The first-order chi connectivity index (χ1) is 11.0. The Morgan fingerprint density at radius 2 is 1.96 bits per heavy atom. The van der Waals surface area contributed by atoms with Crippen molar-refractivity contribution in [1.82, 2.24) is 9.97 Å². The van der Waals surface area contributed by atoms with Crippen LogP contribution in [0.25, 0.3) is 0 Å². The van der Waals surface area contributed by atoms with Crippen molar-refractivity contribution in [1.29, 1.82) is 0 Å². The Hall–Kier alpha value is -2.43. The highest BCUT2D eigenvalue weighted by atomic mass is 16.2. The number of rotatable bonds is 6. The summed E-state index contributed by atoms with van der Waals surface area (Å²) in [5, 5.41) is 3.19. The highest BCUT2D eigenvalue weighted by Gasteiger charge is 2.17. The molecule has 0 saturated carbocycles. The molecule has 0 saturated heterocycles. The van der Waals surface area contributed by atoms with Gasteiger partial charge in [0.15, 0.2) is 0 Å². The first-order valence-corrected chi connectivity index (χ1v) is 8.02. The predicted molar refractivity (Wildman–Crippen MR) is 93.9 cm³/mol. The quantitative estimate of drug-likeness (QED) is 0.884. The van der Waals surface area contributed by atoms with E-state index in [2.05, 4.69) is 29.1 Å². The zero-order valence-electron chi connectivity index (χ0n) is 14.2. The average molecular weight is 312 g/mol. The Kier molecular flexibility index (Phi) is 5.68. The van der Waals surface area contributed by atoms with Crippen LogP contribution < -0.4 is 10.2 Å². The van der Waals surface area contributed by atoms with Crippen LogP contribution in [-0.2, 0) is 0 Å². The number of hydrogen-bond acceptors (Lipinski definition) is 4. The van der Waals surface area contributed by atoms with E-state index in [1.807, 2.05) is 38.1 Å². The van der Waals surface area contributed by atoms with Gasteiger partial charge in [0.05, 0.1) is 5.56 Å². The number of benzene rings is 1. The molecule has 1 amide bonds. The third-order valence-electron chi connectivity index (χ3n) is 3.76. The topological polar surface area (TPSA) is 58.1 Å². The van der Waals surface area contributed by atoms with E-state index in [4.69, 9.17) is 0 Å². The summed E-state index contributed by atoms with van der Waals surface area (Å²) in [5.41, 5.74) is 2.50. The second-order valence-corrected chi connectivity index (χ2v) is 5.64. The molecule has 1 heterocycles. The Balaban J connectivity index is 2.18. The number of nitrogens with one attached hydrogen (secondary N) is 1. The largest absolute Gasteiger partial charge is 0.352 e. The highest BCUT2D eigenvalue weighted by Crippen LogP contribution is 2.18. The van der Waals surface area contributed by atoms with Gasteiger partial charge in [-0.05, 0) is 44.9 Å². The molecule has 5 nitrogen and oxygen atoms in total. The maximum absolute atomic E-state index is 12.7. The molecule has 1 aromatic heterocycles. The van der Waals surface area contributed by atoms with Gasteiger partial charge in [-0.2, -0.15) is 0 Å². The van der Waals surface area contributed by atoms with Crippen LogP contribution in [-0.4, -0.2) is 28.5 Å². The van der Waals surface area contributed by atoms with Crippen LogP contribution >= 0.6 is 0 Å². The summed E-state index contributed by atoms with van der Waals surface area (Å²) in [6.45, 7) is 8.73. The van der Waals surface area contributed by atoms with Gasteiger partial charge in [-0.15, -0.1) is 0 Å². The summed E-state index contributed by atoms with van der Waals surface area (Å²) in [4.78, 5) is 22.9. The molecule has 0 spiro atoms. The molecule has 5 heteroatoms. The molecular weight excluding hydrogens is 288 g/mol. The molecule has 122 valence electrons. The standard InChI is InChI=1S/C18H24N4O/c1-5-14(4)21-18-19-11-15(12-20-18)17(23)22(6-2)16-9-7-8-13(3)10-16/h7-12,14H,5-6H2,1-4H3,(H,19,20,21). The molecule has 0 radical (unpaired) electrons. The minimum atomic E-state index is -0.0896. The van der Waals surface area contributed by atoms with Crippen LogP contribution in [0.2, 0.25) is 0 Å². The van der Waals surface area contributed by atoms with Crippen molar-refractivity contribution in [3.8, 4) is 0 Å². The third kappa shape index (κ3) is 4.28. The van der Waals surface area contributed by atoms with Gasteiger partial charge in [-0.3, -0.25) is 4.79 Å².